The SMILES string of the molecule is CC1CN(C(=O)C2CSC3(C)CCC(=O)N23)CC1C(=O)O. The summed E-state index contributed by atoms with van der Waals surface area (Å²) in [4.78, 5) is 39.1. The number of hydrogen-bond acceptors (Lipinski definition) is 4. The third-order valence-electron chi connectivity index (χ3n) is 4.97. The lowest BCUT2D eigenvalue weighted by Crippen LogP contribution is -2.51. The molecule has 3 rings (SSSR count). The molecule has 0 spiro atoms. The summed E-state index contributed by atoms with van der Waals surface area (Å²) >= 11 is 1.66. The summed E-state index contributed by atoms with van der Waals surface area (Å²) in [6.07, 6.45) is 1.29. The number of rotatable bonds is 2. The maximum absolute atomic E-state index is 12.7. The van der Waals surface area contributed by atoms with Crippen LogP contribution in [0.5, 0.6) is 0 Å². The second-order valence-electron chi connectivity index (χ2n) is 6.43. The Bertz CT molecular complexity index is 511. The largest absolute Gasteiger partial charge is 0.481 e. The third kappa shape index (κ3) is 2.22. The van der Waals surface area contributed by atoms with Gasteiger partial charge in [0.05, 0.1) is 10.8 Å². The molecule has 0 saturated carbocycles. The van der Waals surface area contributed by atoms with Crippen LogP contribution in [0.25, 0.3) is 0 Å². The third-order valence-corrected chi connectivity index (χ3v) is 6.48. The molecule has 6 nitrogen and oxygen atoms in total. The first kappa shape index (κ1) is 14.7. The van der Waals surface area contributed by atoms with Crippen molar-refractivity contribution in [3.05, 3.63) is 0 Å². The highest BCUT2D eigenvalue weighted by Gasteiger charge is 2.54. The fourth-order valence-corrected chi connectivity index (χ4v) is 5.11. The quantitative estimate of drug-likeness (QED) is 0.809. The molecule has 3 saturated heterocycles. The molecule has 2 amide bonds. The number of carboxylic acid groups (broad SMARTS) is 1. The van der Waals surface area contributed by atoms with Crippen LogP contribution in [0.15, 0.2) is 0 Å². The van der Waals surface area contributed by atoms with Crippen LogP contribution in [0.4, 0.5) is 0 Å². The van der Waals surface area contributed by atoms with E-state index in [2.05, 4.69) is 0 Å². The van der Waals surface area contributed by atoms with Crippen molar-refractivity contribution in [2.45, 2.75) is 37.6 Å². The van der Waals surface area contributed by atoms with Gasteiger partial charge in [0.15, 0.2) is 0 Å². The summed E-state index contributed by atoms with van der Waals surface area (Å²) in [5.74, 6) is -0.811. The van der Waals surface area contributed by atoms with Crippen molar-refractivity contribution in [1.82, 2.24) is 9.80 Å². The normalized spacial score (nSPS) is 39.0. The molecule has 116 valence electrons. The first-order chi connectivity index (χ1) is 9.83. The summed E-state index contributed by atoms with van der Waals surface area (Å²) < 4.78 is 0. The number of fused-ring (bicyclic) bond motifs is 1. The first-order valence-corrected chi connectivity index (χ1v) is 8.30. The first-order valence-electron chi connectivity index (χ1n) is 7.31. The molecule has 3 fully saturated rings. The number of hydrogen-bond donors (Lipinski definition) is 1. The second kappa shape index (κ2) is 4.90. The average Bonchev–Trinajstić information content (AvgIpc) is 3.04. The molecular formula is C14H20N2O4S. The molecule has 0 aromatic carbocycles. The van der Waals surface area contributed by atoms with Gasteiger partial charge in [-0.1, -0.05) is 6.92 Å². The number of nitrogens with zero attached hydrogens (tertiary/aromatic N) is 2. The highest BCUT2D eigenvalue weighted by atomic mass is 32.2. The maximum Gasteiger partial charge on any atom is 0.308 e. The van der Waals surface area contributed by atoms with Gasteiger partial charge in [-0.3, -0.25) is 14.4 Å². The minimum Gasteiger partial charge on any atom is -0.481 e. The van der Waals surface area contributed by atoms with Crippen LogP contribution in [0.2, 0.25) is 0 Å². The summed E-state index contributed by atoms with van der Waals surface area (Å²) in [7, 11) is 0. The van der Waals surface area contributed by atoms with Crippen LogP contribution >= 0.6 is 11.8 Å². The Morgan fingerprint density at radius 2 is 2.10 bits per heavy atom. The highest BCUT2D eigenvalue weighted by Crippen LogP contribution is 2.47. The van der Waals surface area contributed by atoms with Crippen LogP contribution in [-0.2, 0) is 14.4 Å². The Morgan fingerprint density at radius 3 is 2.71 bits per heavy atom. The fourth-order valence-electron chi connectivity index (χ4n) is 3.68. The van der Waals surface area contributed by atoms with E-state index in [1.807, 2.05) is 13.8 Å². The minimum atomic E-state index is -0.847. The van der Waals surface area contributed by atoms with E-state index in [-0.39, 0.29) is 29.1 Å². The van der Waals surface area contributed by atoms with Crippen molar-refractivity contribution < 1.29 is 19.5 Å². The number of carbonyl (C=O) groups excluding carboxylic acids is 2. The van der Waals surface area contributed by atoms with E-state index in [0.29, 0.717) is 18.7 Å². The van der Waals surface area contributed by atoms with Crippen molar-refractivity contribution in [3.8, 4) is 0 Å². The van der Waals surface area contributed by atoms with Gasteiger partial charge in [0, 0.05) is 25.3 Å². The topological polar surface area (TPSA) is 77.9 Å². The minimum absolute atomic E-state index is 0.0406. The number of amides is 2. The lowest BCUT2D eigenvalue weighted by atomic mass is 9.99. The Hall–Kier alpha value is -1.24. The molecular weight excluding hydrogens is 292 g/mol. The van der Waals surface area contributed by atoms with E-state index in [1.165, 1.54) is 0 Å². The summed E-state index contributed by atoms with van der Waals surface area (Å²) in [6, 6.07) is -0.422. The second-order valence-corrected chi connectivity index (χ2v) is 7.93. The molecule has 4 unspecified atom stereocenters. The number of aliphatic carboxylic acids is 1. The molecule has 21 heavy (non-hydrogen) atoms. The number of carbonyl (C=O) groups is 3. The molecule has 0 aliphatic carbocycles. The molecule has 0 radical (unpaired) electrons. The molecule has 1 N–H and O–H groups in total. The number of carboxylic acids is 1. The monoisotopic (exact) mass is 312 g/mol. The molecule has 3 aliphatic heterocycles. The molecule has 3 heterocycles. The lowest BCUT2D eigenvalue weighted by Gasteiger charge is -2.31. The van der Waals surface area contributed by atoms with E-state index >= 15 is 0 Å². The van der Waals surface area contributed by atoms with Gasteiger partial charge >= 0.3 is 5.97 Å². The van der Waals surface area contributed by atoms with Gasteiger partial charge < -0.3 is 14.9 Å². The van der Waals surface area contributed by atoms with Gasteiger partial charge in [0.1, 0.15) is 6.04 Å². The van der Waals surface area contributed by atoms with Crippen molar-refractivity contribution in [1.29, 1.82) is 0 Å². The standard InChI is InChI=1S/C14H20N2O4S/c1-8-5-15(6-9(8)13(19)20)12(18)10-7-21-14(2)4-3-11(17)16(10)14/h8-10H,3-7H2,1-2H3,(H,19,20). The predicted molar refractivity (Wildman–Crippen MR) is 77.6 cm³/mol. The zero-order valence-electron chi connectivity index (χ0n) is 12.2. The van der Waals surface area contributed by atoms with E-state index in [9.17, 15) is 19.5 Å². The van der Waals surface area contributed by atoms with Crippen LogP contribution in [-0.4, -0.2) is 62.4 Å². The van der Waals surface area contributed by atoms with Crippen LogP contribution in [0.1, 0.15) is 26.7 Å². The van der Waals surface area contributed by atoms with Crippen molar-refractivity contribution in [3.63, 3.8) is 0 Å². The van der Waals surface area contributed by atoms with Gasteiger partial charge in [-0.05, 0) is 19.3 Å². The maximum atomic E-state index is 12.7. The lowest BCUT2D eigenvalue weighted by molar-refractivity contribution is -0.144. The Labute approximate surface area is 127 Å². The zero-order valence-corrected chi connectivity index (χ0v) is 13.1. The van der Waals surface area contributed by atoms with E-state index < -0.39 is 17.9 Å². The fraction of sp³-hybridized carbons (Fsp3) is 0.786. The molecule has 0 aromatic heterocycles. The Balaban J connectivity index is 1.75. The zero-order chi connectivity index (χ0) is 15.4. The van der Waals surface area contributed by atoms with Crippen molar-refractivity contribution >= 4 is 29.5 Å². The van der Waals surface area contributed by atoms with Gasteiger partial charge in [-0.15, -0.1) is 11.8 Å². The van der Waals surface area contributed by atoms with Crippen LogP contribution in [0.3, 0.4) is 0 Å². The summed E-state index contributed by atoms with van der Waals surface area (Å²) in [5, 5.41) is 9.18. The average molecular weight is 312 g/mol. The van der Waals surface area contributed by atoms with Crippen molar-refractivity contribution in [2.75, 3.05) is 18.8 Å². The van der Waals surface area contributed by atoms with Gasteiger partial charge in [-0.2, -0.15) is 0 Å². The molecule has 7 heteroatoms. The molecule has 4 atom stereocenters. The highest BCUT2D eigenvalue weighted by molar-refractivity contribution is 8.01. The van der Waals surface area contributed by atoms with E-state index in [1.54, 1.807) is 21.6 Å². The Morgan fingerprint density at radius 1 is 1.38 bits per heavy atom. The predicted octanol–water partition coefficient (Wildman–Crippen LogP) is 0.620. The molecule has 3 aliphatic rings. The van der Waals surface area contributed by atoms with Gasteiger partial charge in [0.25, 0.3) is 0 Å². The number of thioether (sulfide) groups is 1. The van der Waals surface area contributed by atoms with E-state index in [4.69, 9.17) is 0 Å². The van der Waals surface area contributed by atoms with Gasteiger partial charge in [-0.25, -0.2) is 0 Å². The molecule has 0 bridgehead atoms. The van der Waals surface area contributed by atoms with Crippen LogP contribution in [0, 0.1) is 11.8 Å². The van der Waals surface area contributed by atoms with E-state index in [0.717, 1.165) is 6.42 Å². The van der Waals surface area contributed by atoms with Gasteiger partial charge in [0.2, 0.25) is 11.8 Å². The Kier molecular flexibility index (Phi) is 3.43. The smallest absolute Gasteiger partial charge is 0.308 e. The van der Waals surface area contributed by atoms with Crippen molar-refractivity contribution in [2.24, 2.45) is 11.8 Å². The summed E-state index contributed by atoms with van der Waals surface area (Å²) in [5.41, 5.74) is 0. The van der Waals surface area contributed by atoms with Crippen LogP contribution < -0.4 is 0 Å². The number of likely N-dealkylation sites (tertiary alicyclic amines) is 1. The molecule has 0 aromatic rings. The summed E-state index contributed by atoms with van der Waals surface area (Å²) in [6.45, 7) is 4.61.